The number of carbonyl (C=O) groups is 2. The second-order valence-electron chi connectivity index (χ2n) is 3.06. The minimum Gasteiger partial charge on any atom is -0.457 e. The van der Waals surface area contributed by atoms with Crippen molar-refractivity contribution >= 4 is 11.8 Å². The molecule has 0 heterocycles. The number of hydrogen-bond acceptors (Lipinski definition) is 3. The lowest BCUT2D eigenvalue weighted by Gasteiger charge is -2.05. The van der Waals surface area contributed by atoms with Crippen LogP contribution in [0.25, 0.3) is 0 Å². The number of Topliss-reactive ketones (excluding diaryl/α,β-unsaturated/α-hetero) is 1. The molecule has 0 fully saturated rings. The Kier molecular flexibility index (Phi) is 5.85. The summed E-state index contributed by atoms with van der Waals surface area (Å²) in [6.07, 6.45) is 3.16. The maximum absolute atomic E-state index is 11.0. The van der Waals surface area contributed by atoms with Crippen LogP contribution in [0.2, 0.25) is 0 Å². The molecule has 0 aliphatic carbocycles. The number of rotatable bonds is 6. The van der Waals surface area contributed by atoms with Gasteiger partial charge in [0.2, 0.25) is 5.78 Å². The lowest BCUT2D eigenvalue weighted by atomic mass is 10.2. The van der Waals surface area contributed by atoms with Gasteiger partial charge in [0, 0.05) is 6.42 Å². The predicted molar refractivity (Wildman–Crippen MR) is 50.3 cm³/mol. The Morgan fingerprint density at radius 2 is 2.08 bits per heavy atom. The molecule has 0 N–H and O–H groups in total. The molecule has 0 amide bonds. The molecule has 0 aromatic carbocycles. The lowest BCUT2D eigenvalue weighted by Crippen LogP contribution is -2.20. The minimum atomic E-state index is -0.723. The molecule has 0 saturated heterocycles. The Balaban J connectivity index is 3.70. The third kappa shape index (κ3) is 6.08. The number of ether oxygens (including phenoxy) is 1. The second kappa shape index (κ2) is 6.40. The van der Waals surface area contributed by atoms with Crippen LogP contribution in [0.5, 0.6) is 0 Å². The smallest absolute Gasteiger partial charge is 0.374 e. The Labute approximate surface area is 78.8 Å². The van der Waals surface area contributed by atoms with E-state index in [0.717, 1.165) is 6.42 Å². The molecule has 0 aromatic heterocycles. The third-order valence-electron chi connectivity index (χ3n) is 1.38. The first kappa shape index (κ1) is 11.9. The van der Waals surface area contributed by atoms with Crippen molar-refractivity contribution in [1.82, 2.24) is 0 Å². The number of hydrogen-bond donors (Lipinski definition) is 0. The van der Waals surface area contributed by atoms with Gasteiger partial charge < -0.3 is 4.74 Å². The van der Waals surface area contributed by atoms with Gasteiger partial charge in [-0.05, 0) is 26.7 Å². The van der Waals surface area contributed by atoms with Crippen molar-refractivity contribution in [1.29, 1.82) is 0 Å². The average Bonchev–Trinajstić information content (AvgIpc) is 2.03. The van der Waals surface area contributed by atoms with Gasteiger partial charge in [-0.15, -0.1) is 6.58 Å². The van der Waals surface area contributed by atoms with E-state index in [0.29, 0.717) is 6.42 Å². The van der Waals surface area contributed by atoms with Gasteiger partial charge in [0.05, 0.1) is 6.10 Å². The molecule has 0 aromatic rings. The summed E-state index contributed by atoms with van der Waals surface area (Å²) in [6.45, 7) is 6.96. The van der Waals surface area contributed by atoms with Crippen molar-refractivity contribution in [2.75, 3.05) is 0 Å². The number of esters is 1. The van der Waals surface area contributed by atoms with Crippen LogP contribution in [-0.2, 0) is 14.3 Å². The van der Waals surface area contributed by atoms with Crippen molar-refractivity contribution in [3.63, 3.8) is 0 Å². The van der Waals surface area contributed by atoms with E-state index in [1.165, 1.54) is 0 Å². The highest BCUT2D eigenvalue weighted by atomic mass is 16.5. The molecule has 0 radical (unpaired) electrons. The molecule has 0 atom stereocenters. The fourth-order valence-electron chi connectivity index (χ4n) is 0.789. The van der Waals surface area contributed by atoms with Gasteiger partial charge in [-0.2, -0.15) is 0 Å². The monoisotopic (exact) mass is 184 g/mol. The first-order valence-electron chi connectivity index (χ1n) is 4.42. The summed E-state index contributed by atoms with van der Waals surface area (Å²) in [5.74, 6) is -1.17. The maximum atomic E-state index is 11.0. The van der Waals surface area contributed by atoms with Crippen LogP contribution < -0.4 is 0 Å². The first-order valence-corrected chi connectivity index (χ1v) is 4.42. The molecule has 3 heteroatoms. The molecule has 0 aliphatic heterocycles. The van der Waals surface area contributed by atoms with E-state index in [4.69, 9.17) is 4.74 Å². The summed E-state index contributed by atoms with van der Waals surface area (Å²) in [4.78, 5) is 22.0. The Hall–Kier alpha value is -1.12. The highest BCUT2D eigenvalue weighted by Gasteiger charge is 2.15. The molecule has 0 bridgehead atoms. The van der Waals surface area contributed by atoms with E-state index >= 15 is 0 Å². The van der Waals surface area contributed by atoms with Crippen molar-refractivity contribution < 1.29 is 14.3 Å². The van der Waals surface area contributed by atoms with Gasteiger partial charge in [0.15, 0.2) is 0 Å². The molecule has 0 spiro atoms. The maximum Gasteiger partial charge on any atom is 0.374 e. The zero-order chi connectivity index (χ0) is 10.3. The zero-order valence-electron chi connectivity index (χ0n) is 8.21. The van der Waals surface area contributed by atoms with Crippen LogP contribution in [-0.4, -0.2) is 17.9 Å². The summed E-state index contributed by atoms with van der Waals surface area (Å²) in [7, 11) is 0. The Morgan fingerprint density at radius 1 is 1.46 bits per heavy atom. The van der Waals surface area contributed by atoms with Crippen LogP contribution in [0.3, 0.4) is 0 Å². The summed E-state index contributed by atoms with van der Waals surface area (Å²) in [5, 5.41) is 0. The quantitative estimate of drug-likeness (QED) is 0.274. The SMILES string of the molecule is C=CCCCC(=O)C(=O)OC(C)C. The van der Waals surface area contributed by atoms with E-state index in [1.807, 2.05) is 0 Å². The van der Waals surface area contributed by atoms with Crippen LogP contribution in [0.15, 0.2) is 12.7 Å². The van der Waals surface area contributed by atoms with Gasteiger partial charge in [0.25, 0.3) is 0 Å². The molecule has 0 unspecified atom stereocenters. The molecule has 0 rings (SSSR count). The minimum absolute atomic E-state index is 0.226. The standard InChI is InChI=1S/C10H16O3/c1-4-5-6-7-9(11)10(12)13-8(2)3/h4,8H,1,5-7H2,2-3H3. The van der Waals surface area contributed by atoms with Crippen LogP contribution in [0, 0.1) is 0 Å². The molecule has 0 aliphatic rings. The number of ketones is 1. The van der Waals surface area contributed by atoms with Gasteiger partial charge in [-0.25, -0.2) is 4.79 Å². The van der Waals surface area contributed by atoms with E-state index in [2.05, 4.69) is 6.58 Å². The molecule has 74 valence electrons. The van der Waals surface area contributed by atoms with E-state index in [1.54, 1.807) is 19.9 Å². The number of carbonyl (C=O) groups excluding carboxylic acids is 2. The average molecular weight is 184 g/mol. The molecule has 13 heavy (non-hydrogen) atoms. The fraction of sp³-hybridized carbons (Fsp3) is 0.600. The Bertz CT molecular complexity index is 194. The largest absolute Gasteiger partial charge is 0.457 e. The molecule has 3 nitrogen and oxygen atoms in total. The van der Waals surface area contributed by atoms with Crippen molar-refractivity contribution in [2.45, 2.75) is 39.2 Å². The fourth-order valence-corrected chi connectivity index (χ4v) is 0.789. The highest BCUT2D eigenvalue weighted by Crippen LogP contribution is 1.99. The zero-order valence-corrected chi connectivity index (χ0v) is 8.21. The summed E-state index contributed by atoms with van der Waals surface area (Å²) >= 11 is 0. The van der Waals surface area contributed by atoms with Gasteiger partial charge >= 0.3 is 5.97 Å². The Morgan fingerprint density at radius 3 is 2.54 bits per heavy atom. The molecular formula is C10H16O3. The normalized spacial score (nSPS) is 9.77. The summed E-state index contributed by atoms with van der Waals surface area (Å²) < 4.78 is 4.73. The van der Waals surface area contributed by atoms with Crippen molar-refractivity contribution in [3.8, 4) is 0 Å². The van der Waals surface area contributed by atoms with Crippen LogP contribution in [0.4, 0.5) is 0 Å². The van der Waals surface area contributed by atoms with Crippen LogP contribution >= 0.6 is 0 Å². The number of unbranched alkanes of at least 4 members (excludes halogenated alkanes) is 1. The first-order chi connectivity index (χ1) is 6.07. The number of allylic oxidation sites excluding steroid dienone is 1. The molecule has 0 saturated carbocycles. The van der Waals surface area contributed by atoms with Crippen molar-refractivity contribution in [2.24, 2.45) is 0 Å². The third-order valence-corrected chi connectivity index (χ3v) is 1.38. The van der Waals surface area contributed by atoms with E-state index in [-0.39, 0.29) is 12.5 Å². The summed E-state index contributed by atoms with van der Waals surface area (Å²) in [6, 6.07) is 0. The summed E-state index contributed by atoms with van der Waals surface area (Å²) in [5.41, 5.74) is 0. The van der Waals surface area contributed by atoms with Gasteiger partial charge in [-0.3, -0.25) is 4.79 Å². The highest BCUT2D eigenvalue weighted by molar-refractivity contribution is 6.33. The predicted octanol–water partition coefficient (Wildman–Crippen LogP) is 1.86. The molecular weight excluding hydrogens is 168 g/mol. The van der Waals surface area contributed by atoms with E-state index in [9.17, 15) is 9.59 Å². The van der Waals surface area contributed by atoms with Gasteiger partial charge in [-0.1, -0.05) is 6.08 Å². The second-order valence-corrected chi connectivity index (χ2v) is 3.06. The topological polar surface area (TPSA) is 43.4 Å². The van der Waals surface area contributed by atoms with Crippen LogP contribution in [0.1, 0.15) is 33.1 Å². The lowest BCUT2D eigenvalue weighted by molar-refractivity contribution is -0.156. The van der Waals surface area contributed by atoms with E-state index < -0.39 is 11.8 Å². The van der Waals surface area contributed by atoms with Crippen molar-refractivity contribution in [3.05, 3.63) is 12.7 Å². The van der Waals surface area contributed by atoms with Gasteiger partial charge in [0.1, 0.15) is 0 Å².